The number of nitrogens with one attached hydrogen (secondary N) is 1. The van der Waals surface area contributed by atoms with E-state index in [-0.39, 0.29) is 18.6 Å². The Balaban J connectivity index is 1.67. The lowest BCUT2D eigenvalue weighted by Crippen LogP contribution is -2.44. The molecule has 1 aliphatic rings. The van der Waals surface area contributed by atoms with E-state index in [1.54, 1.807) is 6.07 Å². The molecule has 1 amide bonds. The van der Waals surface area contributed by atoms with Gasteiger partial charge in [0, 0.05) is 0 Å². The van der Waals surface area contributed by atoms with Crippen LogP contribution in [-0.4, -0.2) is 31.8 Å². The number of carbonyl (C=O) groups is 1. The SMILES string of the molecule is CCOc1ccc(C(C)NC(=O)C2COc3ccccc3O2)cc1OCC. The molecule has 0 saturated carbocycles. The van der Waals surface area contributed by atoms with Crippen LogP contribution in [0.1, 0.15) is 32.4 Å². The van der Waals surface area contributed by atoms with Gasteiger partial charge in [0.05, 0.1) is 19.3 Å². The van der Waals surface area contributed by atoms with Gasteiger partial charge < -0.3 is 24.3 Å². The number of carbonyl (C=O) groups excluding carboxylic acids is 1. The monoisotopic (exact) mass is 371 g/mol. The van der Waals surface area contributed by atoms with Crippen LogP contribution in [0.4, 0.5) is 0 Å². The van der Waals surface area contributed by atoms with Crippen LogP contribution >= 0.6 is 0 Å². The maximum atomic E-state index is 12.6. The summed E-state index contributed by atoms with van der Waals surface area (Å²) in [6.07, 6.45) is -0.684. The summed E-state index contributed by atoms with van der Waals surface area (Å²) in [6.45, 7) is 7.05. The molecule has 2 aromatic rings. The molecule has 1 N–H and O–H groups in total. The molecule has 0 aromatic heterocycles. The van der Waals surface area contributed by atoms with Gasteiger partial charge >= 0.3 is 0 Å². The average molecular weight is 371 g/mol. The van der Waals surface area contributed by atoms with Crippen molar-refractivity contribution >= 4 is 5.91 Å². The summed E-state index contributed by atoms with van der Waals surface area (Å²) in [6, 6.07) is 12.8. The Morgan fingerprint density at radius 1 is 1.11 bits per heavy atom. The molecule has 2 aromatic carbocycles. The van der Waals surface area contributed by atoms with Crippen LogP contribution in [0.2, 0.25) is 0 Å². The van der Waals surface area contributed by atoms with Crippen molar-refractivity contribution in [3.8, 4) is 23.0 Å². The first-order chi connectivity index (χ1) is 13.1. The van der Waals surface area contributed by atoms with E-state index in [1.165, 1.54) is 0 Å². The molecule has 1 aliphatic heterocycles. The number of benzene rings is 2. The number of rotatable bonds is 7. The number of amides is 1. The molecular weight excluding hydrogens is 346 g/mol. The Hall–Kier alpha value is -2.89. The third-order valence-electron chi connectivity index (χ3n) is 4.23. The standard InChI is InChI=1S/C21H25NO5/c1-4-24-17-11-10-15(12-19(17)25-5-2)14(3)22-21(23)20-13-26-16-8-6-7-9-18(16)27-20/h6-12,14,20H,4-5,13H2,1-3H3,(H,22,23). The summed E-state index contributed by atoms with van der Waals surface area (Å²) in [4.78, 5) is 12.6. The Morgan fingerprint density at radius 2 is 1.81 bits per heavy atom. The molecule has 0 saturated heterocycles. The van der Waals surface area contributed by atoms with Gasteiger partial charge in [-0.05, 0) is 50.6 Å². The third kappa shape index (κ3) is 4.45. The van der Waals surface area contributed by atoms with Crippen molar-refractivity contribution < 1.29 is 23.7 Å². The largest absolute Gasteiger partial charge is 0.490 e. The molecule has 2 unspecified atom stereocenters. The van der Waals surface area contributed by atoms with E-state index in [9.17, 15) is 4.79 Å². The van der Waals surface area contributed by atoms with Gasteiger partial charge in [-0.25, -0.2) is 0 Å². The van der Waals surface area contributed by atoms with Crippen LogP contribution < -0.4 is 24.3 Å². The van der Waals surface area contributed by atoms with E-state index in [1.807, 2.05) is 57.2 Å². The minimum Gasteiger partial charge on any atom is -0.490 e. The molecule has 0 aliphatic carbocycles. The van der Waals surface area contributed by atoms with Gasteiger partial charge in [0.15, 0.2) is 23.0 Å². The first-order valence-corrected chi connectivity index (χ1v) is 9.20. The van der Waals surface area contributed by atoms with Gasteiger partial charge in [0.1, 0.15) is 6.61 Å². The van der Waals surface area contributed by atoms with E-state index < -0.39 is 6.10 Å². The Labute approximate surface area is 159 Å². The van der Waals surface area contributed by atoms with Crippen molar-refractivity contribution in [1.29, 1.82) is 0 Å². The van der Waals surface area contributed by atoms with Crippen LogP contribution in [-0.2, 0) is 4.79 Å². The Morgan fingerprint density at radius 3 is 2.56 bits per heavy atom. The smallest absolute Gasteiger partial charge is 0.265 e. The second-order valence-electron chi connectivity index (χ2n) is 6.17. The molecule has 0 fully saturated rings. The second kappa shape index (κ2) is 8.66. The minimum atomic E-state index is -0.684. The van der Waals surface area contributed by atoms with E-state index in [2.05, 4.69) is 5.32 Å². The summed E-state index contributed by atoms with van der Waals surface area (Å²) < 4.78 is 22.6. The summed E-state index contributed by atoms with van der Waals surface area (Å²) in [7, 11) is 0. The van der Waals surface area contributed by atoms with Crippen LogP contribution in [0.5, 0.6) is 23.0 Å². The quantitative estimate of drug-likeness (QED) is 0.807. The van der Waals surface area contributed by atoms with Crippen LogP contribution in [0, 0.1) is 0 Å². The zero-order valence-electron chi connectivity index (χ0n) is 15.9. The highest BCUT2D eigenvalue weighted by Gasteiger charge is 2.28. The zero-order chi connectivity index (χ0) is 19.2. The second-order valence-corrected chi connectivity index (χ2v) is 6.17. The predicted octanol–water partition coefficient (Wildman–Crippen LogP) is 3.50. The van der Waals surface area contributed by atoms with Gasteiger partial charge in [0.25, 0.3) is 5.91 Å². The van der Waals surface area contributed by atoms with E-state index in [0.29, 0.717) is 36.2 Å². The molecule has 27 heavy (non-hydrogen) atoms. The molecule has 3 rings (SSSR count). The number of hydrogen-bond acceptors (Lipinski definition) is 5. The molecule has 6 heteroatoms. The van der Waals surface area contributed by atoms with Gasteiger partial charge in [-0.15, -0.1) is 0 Å². The van der Waals surface area contributed by atoms with E-state index >= 15 is 0 Å². The van der Waals surface area contributed by atoms with E-state index in [0.717, 1.165) is 5.56 Å². The summed E-state index contributed by atoms with van der Waals surface area (Å²) in [5, 5.41) is 2.98. The maximum Gasteiger partial charge on any atom is 0.265 e. The Bertz CT molecular complexity index is 792. The van der Waals surface area contributed by atoms with Gasteiger partial charge in [-0.1, -0.05) is 18.2 Å². The number of fused-ring (bicyclic) bond motifs is 1. The molecule has 1 heterocycles. The number of para-hydroxylation sites is 2. The Kier molecular flexibility index (Phi) is 6.06. The minimum absolute atomic E-state index is 0.184. The normalized spacial score (nSPS) is 16.3. The molecule has 0 radical (unpaired) electrons. The average Bonchev–Trinajstić information content (AvgIpc) is 2.69. The third-order valence-corrected chi connectivity index (χ3v) is 4.23. The summed E-state index contributed by atoms with van der Waals surface area (Å²) in [5.41, 5.74) is 0.924. The lowest BCUT2D eigenvalue weighted by molar-refractivity contribution is -0.131. The van der Waals surface area contributed by atoms with Gasteiger partial charge in [-0.2, -0.15) is 0 Å². The molecule has 0 bridgehead atoms. The molecule has 144 valence electrons. The van der Waals surface area contributed by atoms with Gasteiger partial charge in [-0.3, -0.25) is 4.79 Å². The van der Waals surface area contributed by atoms with Crippen molar-refractivity contribution in [2.45, 2.75) is 32.9 Å². The van der Waals surface area contributed by atoms with Crippen molar-refractivity contribution in [2.24, 2.45) is 0 Å². The fourth-order valence-electron chi connectivity index (χ4n) is 2.88. The molecule has 6 nitrogen and oxygen atoms in total. The number of ether oxygens (including phenoxy) is 4. The summed E-state index contributed by atoms with van der Waals surface area (Å²) in [5.74, 6) is 2.38. The highest BCUT2D eigenvalue weighted by Crippen LogP contribution is 2.32. The zero-order valence-corrected chi connectivity index (χ0v) is 15.9. The number of hydrogen-bond donors (Lipinski definition) is 1. The molecule has 2 atom stereocenters. The van der Waals surface area contributed by atoms with Crippen molar-refractivity contribution in [1.82, 2.24) is 5.32 Å². The first kappa shape index (κ1) is 18.9. The van der Waals surface area contributed by atoms with Crippen molar-refractivity contribution in [2.75, 3.05) is 19.8 Å². The fraction of sp³-hybridized carbons (Fsp3) is 0.381. The first-order valence-electron chi connectivity index (χ1n) is 9.20. The maximum absolute atomic E-state index is 12.6. The van der Waals surface area contributed by atoms with Crippen LogP contribution in [0.15, 0.2) is 42.5 Å². The fourth-order valence-corrected chi connectivity index (χ4v) is 2.88. The lowest BCUT2D eigenvalue weighted by atomic mass is 10.1. The molecular formula is C21H25NO5. The molecule has 0 spiro atoms. The van der Waals surface area contributed by atoms with Gasteiger partial charge in [0.2, 0.25) is 6.10 Å². The van der Waals surface area contributed by atoms with Crippen molar-refractivity contribution in [3.05, 3.63) is 48.0 Å². The topological polar surface area (TPSA) is 66.0 Å². The van der Waals surface area contributed by atoms with Crippen LogP contribution in [0.25, 0.3) is 0 Å². The highest BCUT2D eigenvalue weighted by atomic mass is 16.6. The lowest BCUT2D eigenvalue weighted by Gasteiger charge is -2.27. The highest BCUT2D eigenvalue weighted by molar-refractivity contribution is 5.82. The predicted molar refractivity (Wildman–Crippen MR) is 102 cm³/mol. The van der Waals surface area contributed by atoms with Crippen molar-refractivity contribution in [3.63, 3.8) is 0 Å². The van der Waals surface area contributed by atoms with Crippen LogP contribution in [0.3, 0.4) is 0 Å². The summed E-state index contributed by atoms with van der Waals surface area (Å²) >= 11 is 0. The van der Waals surface area contributed by atoms with E-state index in [4.69, 9.17) is 18.9 Å².